The van der Waals surface area contributed by atoms with Crippen molar-refractivity contribution in [1.29, 1.82) is 0 Å². The molecule has 2 aliphatic rings. The second kappa shape index (κ2) is 5.32. The van der Waals surface area contributed by atoms with Crippen LogP contribution in [0.5, 0.6) is 17.2 Å². The van der Waals surface area contributed by atoms with E-state index in [1.54, 1.807) is 30.3 Å². The summed E-state index contributed by atoms with van der Waals surface area (Å²) in [7, 11) is 0. The number of benzene rings is 2. The van der Waals surface area contributed by atoms with Crippen LogP contribution in [0.2, 0.25) is 5.02 Å². The third-order valence-electron chi connectivity index (χ3n) is 4.01. The van der Waals surface area contributed by atoms with Gasteiger partial charge in [0.15, 0.2) is 17.3 Å². The molecule has 0 spiro atoms. The summed E-state index contributed by atoms with van der Waals surface area (Å²) in [5.74, 6) is 1.21. The van der Waals surface area contributed by atoms with Gasteiger partial charge in [-0.15, -0.1) is 0 Å². The smallest absolute Gasteiger partial charge is 0.189 e. The molecular formula is C18H13ClO4. The first-order valence-electron chi connectivity index (χ1n) is 7.29. The zero-order chi connectivity index (χ0) is 16.0. The van der Waals surface area contributed by atoms with E-state index in [0.29, 0.717) is 52.9 Å². The van der Waals surface area contributed by atoms with Gasteiger partial charge in [-0.3, -0.25) is 4.79 Å². The van der Waals surface area contributed by atoms with Gasteiger partial charge in [0.1, 0.15) is 19.0 Å². The lowest BCUT2D eigenvalue weighted by atomic mass is 10.1. The molecule has 2 aromatic carbocycles. The molecule has 4 nitrogen and oxygen atoms in total. The number of carbonyl (C=O) groups is 1. The van der Waals surface area contributed by atoms with Gasteiger partial charge >= 0.3 is 0 Å². The van der Waals surface area contributed by atoms with Gasteiger partial charge in [-0.2, -0.15) is 0 Å². The van der Waals surface area contributed by atoms with Crippen LogP contribution in [0.4, 0.5) is 0 Å². The number of carbonyl (C=O) groups excluding carboxylic acids is 1. The van der Waals surface area contributed by atoms with E-state index < -0.39 is 0 Å². The van der Waals surface area contributed by atoms with Crippen LogP contribution < -0.4 is 9.47 Å². The Morgan fingerprint density at radius 3 is 2.83 bits per heavy atom. The van der Waals surface area contributed by atoms with Crippen molar-refractivity contribution in [3.8, 4) is 17.2 Å². The molecule has 0 amide bonds. The molecule has 0 fully saturated rings. The van der Waals surface area contributed by atoms with Crippen LogP contribution in [-0.4, -0.2) is 24.1 Å². The molecule has 23 heavy (non-hydrogen) atoms. The van der Waals surface area contributed by atoms with E-state index in [-0.39, 0.29) is 11.5 Å². The Hall–Kier alpha value is -2.46. The van der Waals surface area contributed by atoms with E-state index in [2.05, 4.69) is 0 Å². The van der Waals surface area contributed by atoms with Gasteiger partial charge in [-0.05, 0) is 29.8 Å². The molecule has 0 saturated carbocycles. The van der Waals surface area contributed by atoms with Crippen LogP contribution in [0.3, 0.4) is 0 Å². The molecule has 0 atom stereocenters. The summed E-state index contributed by atoms with van der Waals surface area (Å²) in [5, 5.41) is 10.4. The molecule has 4 rings (SSSR count). The summed E-state index contributed by atoms with van der Waals surface area (Å²) in [6.45, 7) is 0.946. The number of Topliss-reactive ketones (excluding diaryl/α,β-unsaturated/α-hetero) is 1. The predicted octanol–water partition coefficient (Wildman–Crippen LogP) is 3.64. The highest BCUT2D eigenvalue weighted by molar-refractivity contribution is 6.32. The van der Waals surface area contributed by atoms with Crippen LogP contribution in [0.15, 0.2) is 35.9 Å². The van der Waals surface area contributed by atoms with E-state index in [1.807, 2.05) is 6.07 Å². The van der Waals surface area contributed by atoms with Gasteiger partial charge in [0.05, 0.1) is 5.02 Å². The number of ketones is 1. The number of ether oxygens (including phenoxy) is 2. The molecule has 2 aromatic rings. The zero-order valence-corrected chi connectivity index (χ0v) is 12.9. The van der Waals surface area contributed by atoms with Crippen LogP contribution in [-0.2, 0) is 6.42 Å². The molecule has 0 unspecified atom stereocenters. The maximum atomic E-state index is 12.5. The highest BCUT2D eigenvalue weighted by Crippen LogP contribution is 2.40. The first-order valence-corrected chi connectivity index (χ1v) is 7.66. The molecule has 1 aliphatic heterocycles. The number of phenolic OH excluding ortho intramolecular Hbond substituents is 1. The Balaban J connectivity index is 1.74. The number of aromatic hydroxyl groups is 1. The Morgan fingerprint density at radius 1 is 1.17 bits per heavy atom. The molecular weight excluding hydrogens is 316 g/mol. The van der Waals surface area contributed by atoms with Crippen LogP contribution in [0.1, 0.15) is 21.5 Å². The van der Waals surface area contributed by atoms with Crippen molar-refractivity contribution in [2.45, 2.75) is 6.42 Å². The Labute approximate surface area is 137 Å². The fourth-order valence-corrected chi connectivity index (χ4v) is 3.22. The second-order valence-electron chi connectivity index (χ2n) is 5.51. The third kappa shape index (κ3) is 2.35. The molecule has 1 heterocycles. The first-order chi connectivity index (χ1) is 11.1. The van der Waals surface area contributed by atoms with E-state index in [4.69, 9.17) is 21.1 Å². The van der Waals surface area contributed by atoms with Crippen molar-refractivity contribution in [2.24, 2.45) is 0 Å². The number of hydrogen-bond acceptors (Lipinski definition) is 4. The number of phenols is 1. The van der Waals surface area contributed by atoms with Crippen LogP contribution in [0, 0.1) is 0 Å². The monoisotopic (exact) mass is 328 g/mol. The van der Waals surface area contributed by atoms with Crippen LogP contribution in [0.25, 0.3) is 6.08 Å². The number of allylic oxidation sites excluding steroid dienone is 1. The number of hydrogen-bond donors (Lipinski definition) is 1. The quantitative estimate of drug-likeness (QED) is 0.812. The third-order valence-corrected chi connectivity index (χ3v) is 4.30. The zero-order valence-electron chi connectivity index (χ0n) is 12.1. The van der Waals surface area contributed by atoms with Gasteiger partial charge < -0.3 is 14.6 Å². The fourth-order valence-electron chi connectivity index (χ4n) is 2.95. The van der Waals surface area contributed by atoms with Crippen LogP contribution >= 0.6 is 11.6 Å². The SMILES string of the molecule is O=C1/C(=C\c2cc(Cl)c3c(c2)OCCO3)Cc2c(O)cccc21. The lowest BCUT2D eigenvalue weighted by Gasteiger charge is -2.19. The molecule has 0 saturated heterocycles. The average molecular weight is 329 g/mol. The van der Waals surface area contributed by atoms with Crippen molar-refractivity contribution in [3.05, 3.63) is 57.6 Å². The highest BCUT2D eigenvalue weighted by Gasteiger charge is 2.27. The summed E-state index contributed by atoms with van der Waals surface area (Å²) in [6, 6.07) is 8.56. The van der Waals surface area contributed by atoms with Gasteiger partial charge in [0, 0.05) is 23.1 Å². The van der Waals surface area contributed by atoms with E-state index >= 15 is 0 Å². The standard InChI is InChI=1S/C18H13ClO4/c19-14-7-10(8-16-18(14)23-5-4-22-16)6-11-9-13-12(17(11)21)2-1-3-15(13)20/h1-3,6-8,20H,4-5,9H2/b11-6-. The number of halogens is 1. The number of fused-ring (bicyclic) bond motifs is 2. The molecule has 5 heteroatoms. The largest absolute Gasteiger partial charge is 0.508 e. The molecule has 0 aromatic heterocycles. The normalized spacial score (nSPS) is 17.4. The maximum Gasteiger partial charge on any atom is 0.189 e. The molecule has 1 aliphatic carbocycles. The van der Waals surface area contributed by atoms with Gasteiger partial charge in [0.2, 0.25) is 0 Å². The Bertz CT molecular complexity index is 854. The maximum absolute atomic E-state index is 12.5. The van der Waals surface area contributed by atoms with Crippen molar-refractivity contribution in [1.82, 2.24) is 0 Å². The van der Waals surface area contributed by atoms with E-state index in [9.17, 15) is 9.90 Å². The molecule has 1 N–H and O–H groups in total. The minimum absolute atomic E-state index is 0.0677. The lowest BCUT2D eigenvalue weighted by molar-refractivity contribution is 0.104. The van der Waals surface area contributed by atoms with Gasteiger partial charge in [-0.1, -0.05) is 23.7 Å². The predicted molar refractivity (Wildman–Crippen MR) is 86.6 cm³/mol. The Kier molecular flexibility index (Phi) is 3.27. The van der Waals surface area contributed by atoms with Gasteiger partial charge in [0.25, 0.3) is 0 Å². The van der Waals surface area contributed by atoms with Gasteiger partial charge in [-0.25, -0.2) is 0 Å². The second-order valence-corrected chi connectivity index (χ2v) is 5.91. The van der Waals surface area contributed by atoms with E-state index in [1.165, 1.54) is 0 Å². The lowest BCUT2D eigenvalue weighted by Crippen LogP contribution is -2.15. The van der Waals surface area contributed by atoms with Crippen molar-refractivity contribution >= 4 is 23.5 Å². The molecule has 0 radical (unpaired) electrons. The average Bonchev–Trinajstić information content (AvgIpc) is 2.86. The summed E-state index contributed by atoms with van der Waals surface area (Å²) in [6.07, 6.45) is 2.19. The van der Waals surface area contributed by atoms with E-state index in [0.717, 1.165) is 5.56 Å². The van der Waals surface area contributed by atoms with Crippen molar-refractivity contribution in [3.63, 3.8) is 0 Å². The van der Waals surface area contributed by atoms with Crippen molar-refractivity contribution < 1.29 is 19.4 Å². The Morgan fingerprint density at radius 2 is 2.00 bits per heavy atom. The summed E-state index contributed by atoms with van der Waals surface area (Å²) < 4.78 is 11.0. The topological polar surface area (TPSA) is 55.8 Å². The minimum atomic E-state index is -0.0677. The molecule has 116 valence electrons. The summed E-state index contributed by atoms with van der Waals surface area (Å²) in [4.78, 5) is 12.5. The van der Waals surface area contributed by atoms with Crippen molar-refractivity contribution in [2.75, 3.05) is 13.2 Å². The first kappa shape index (κ1) is 14.2. The number of rotatable bonds is 1. The summed E-state index contributed by atoms with van der Waals surface area (Å²) in [5.41, 5.74) is 2.62. The highest BCUT2D eigenvalue weighted by atomic mass is 35.5. The molecule has 0 bridgehead atoms. The summed E-state index contributed by atoms with van der Waals surface area (Å²) >= 11 is 6.22. The minimum Gasteiger partial charge on any atom is -0.508 e. The fraction of sp³-hybridized carbons (Fsp3) is 0.167.